The maximum absolute atomic E-state index is 13.9. The lowest BCUT2D eigenvalue weighted by atomic mass is 9.72. The molecule has 1 aromatic carbocycles. The van der Waals surface area contributed by atoms with Crippen LogP contribution in [0.2, 0.25) is 0 Å². The maximum atomic E-state index is 13.9. The Morgan fingerprint density at radius 3 is 2.69 bits per heavy atom. The molecule has 1 aliphatic carbocycles. The highest BCUT2D eigenvalue weighted by Gasteiger charge is 2.49. The Hall–Kier alpha value is -3.54. The van der Waals surface area contributed by atoms with Gasteiger partial charge in [0.15, 0.2) is 0 Å². The van der Waals surface area contributed by atoms with Gasteiger partial charge < -0.3 is 25.3 Å². The number of amides is 3. The van der Waals surface area contributed by atoms with Crippen LogP contribution < -0.4 is 15.4 Å². The fourth-order valence-electron chi connectivity index (χ4n) is 6.83. The molecular formula is C30H39N5O4. The number of nitrogens with one attached hydrogen (secondary N) is 3. The molecule has 39 heavy (non-hydrogen) atoms. The molecule has 3 atom stereocenters. The quantitative estimate of drug-likeness (QED) is 0.516. The summed E-state index contributed by atoms with van der Waals surface area (Å²) in [4.78, 5) is 45.1. The molecule has 3 amide bonds. The molecule has 5 rings (SSSR count). The number of methoxy groups -OCH3 is 1. The number of nitrogens with zero attached hydrogens (tertiary/aromatic N) is 2. The van der Waals surface area contributed by atoms with Crippen molar-refractivity contribution in [3.8, 4) is 11.8 Å². The molecule has 0 radical (unpaired) electrons. The van der Waals surface area contributed by atoms with E-state index in [2.05, 4.69) is 21.7 Å². The van der Waals surface area contributed by atoms with Crippen LogP contribution >= 0.6 is 0 Å². The minimum atomic E-state index is -0.799. The Morgan fingerprint density at radius 1 is 1.23 bits per heavy atom. The van der Waals surface area contributed by atoms with Crippen molar-refractivity contribution in [3.63, 3.8) is 0 Å². The predicted octanol–water partition coefficient (Wildman–Crippen LogP) is 4.04. The van der Waals surface area contributed by atoms with Crippen molar-refractivity contribution in [2.24, 2.45) is 11.3 Å². The van der Waals surface area contributed by atoms with Crippen molar-refractivity contribution in [1.29, 1.82) is 5.26 Å². The van der Waals surface area contributed by atoms with Crippen molar-refractivity contribution in [2.45, 2.75) is 89.3 Å². The van der Waals surface area contributed by atoms with Crippen LogP contribution in [0.25, 0.3) is 10.9 Å². The number of benzene rings is 1. The van der Waals surface area contributed by atoms with Gasteiger partial charge in [-0.1, -0.05) is 25.3 Å². The molecule has 9 heteroatoms. The molecule has 2 unspecified atom stereocenters. The van der Waals surface area contributed by atoms with E-state index in [4.69, 9.17) is 4.74 Å². The van der Waals surface area contributed by atoms with Crippen LogP contribution in [0.3, 0.4) is 0 Å². The largest absolute Gasteiger partial charge is 0.496 e. The van der Waals surface area contributed by atoms with Crippen LogP contribution in [-0.2, 0) is 9.59 Å². The van der Waals surface area contributed by atoms with Gasteiger partial charge in [-0.3, -0.25) is 14.4 Å². The molecule has 3 fully saturated rings. The molecule has 3 heterocycles. The lowest BCUT2D eigenvalue weighted by molar-refractivity contribution is -0.130. The van der Waals surface area contributed by atoms with Crippen molar-refractivity contribution in [2.75, 3.05) is 13.7 Å². The molecular weight excluding hydrogens is 494 g/mol. The van der Waals surface area contributed by atoms with E-state index in [0.29, 0.717) is 30.8 Å². The number of nitriles is 1. The molecule has 9 nitrogen and oxygen atoms in total. The Morgan fingerprint density at radius 2 is 2.00 bits per heavy atom. The molecule has 1 spiro atoms. The van der Waals surface area contributed by atoms with Crippen LogP contribution in [0.5, 0.6) is 5.75 Å². The third-order valence-corrected chi connectivity index (χ3v) is 9.00. The summed E-state index contributed by atoms with van der Waals surface area (Å²) in [5.74, 6) is -0.265. The second-order valence-corrected chi connectivity index (χ2v) is 12.4. The SMILES string of the molecule is COc1cccc2[nH]c(C(=O)N3CC4(CCCCC4)CC3C(=O)N[C@H](C#N)CC3CCC(C)(C)NC3=O)cc12. The van der Waals surface area contributed by atoms with Gasteiger partial charge in [0.1, 0.15) is 23.5 Å². The van der Waals surface area contributed by atoms with Gasteiger partial charge in [-0.05, 0) is 76.0 Å². The molecule has 2 saturated heterocycles. The first-order valence-electron chi connectivity index (χ1n) is 14.1. The average molecular weight is 534 g/mol. The smallest absolute Gasteiger partial charge is 0.271 e. The van der Waals surface area contributed by atoms with E-state index in [0.717, 1.165) is 43.0 Å². The monoisotopic (exact) mass is 533 g/mol. The molecule has 2 aromatic rings. The minimum absolute atomic E-state index is 0.0752. The Labute approximate surface area is 229 Å². The molecule has 3 aliphatic rings. The Balaban J connectivity index is 1.35. The number of rotatable bonds is 6. The van der Waals surface area contributed by atoms with E-state index in [-0.39, 0.29) is 41.0 Å². The van der Waals surface area contributed by atoms with Crippen LogP contribution in [0, 0.1) is 22.7 Å². The molecule has 208 valence electrons. The second kappa shape index (κ2) is 10.6. The second-order valence-electron chi connectivity index (χ2n) is 12.4. The third-order valence-electron chi connectivity index (χ3n) is 9.00. The lowest BCUT2D eigenvalue weighted by Gasteiger charge is -2.35. The van der Waals surface area contributed by atoms with E-state index >= 15 is 0 Å². The van der Waals surface area contributed by atoms with E-state index in [1.807, 2.05) is 32.0 Å². The summed E-state index contributed by atoms with van der Waals surface area (Å²) in [6.07, 6.45) is 7.67. The summed E-state index contributed by atoms with van der Waals surface area (Å²) in [5.41, 5.74) is 0.864. The summed E-state index contributed by atoms with van der Waals surface area (Å²) in [6, 6.07) is 8.12. The maximum Gasteiger partial charge on any atom is 0.271 e. The van der Waals surface area contributed by atoms with E-state index in [1.165, 1.54) is 6.42 Å². The van der Waals surface area contributed by atoms with E-state index in [9.17, 15) is 19.6 Å². The highest BCUT2D eigenvalue weighted by molar-refractivity contribution is 6.02. The van der Waals surface area contributed by atoms with Gasteiger partial charge in [-0.2, -0.15) is 5.26 Å². The summed E-state index contributed by atoms with van der Waals surface area (Å²) < 4.78 is 5.46. The number of aromatic nitrogens is 1. The highest BCUT2D eigenvalue weighted by atomic mass is 16.5. The van der Waals surface area contributed by atoms with E-state index < -0.39 is 12.1 Å². The Kier molecular flexibility index (Phi) is 7.32. The van der Waals surface area contributed by atoms with Gasteiger partial charge in [0.25, 0.3) is 5.91 Å². The fraction of sp³-hybridized carbons (Fsp3) is 0.600. The summed E-state index contributed by atoms with van der Waals surface area (Å²) in [6.45, 7) is 4.50. The summed E-state index contributed by atoms with van der Waals surface area (Å²) in [7, 11) is 1.60. The van der Waals surface area contributed by atoms with Crippen molar-refractivity contribution < 1.29 is 19.1 Å². The zero-order chi connectivity index (χ0) is 27.8. The van der Waals surface area contributed by atoms with Crippen molar-refractivity contribution in [1.82, 2.24) is 20.5 Å². The number of ether oxygens (including phenoxy) is 1. The average Bonchev–Trinajstić information content (AvgIpc) is 3.51. The normalized spacial score (nSPS) is 24.7. The number of piperidine rings is 1. The first-order chi connectivity index (χ1) is 18.6. The van der Waals surface area contributed by atoms with Gasteiger partial charge >= 0.3 is 0 Å². The third kappa shape index (κ3) is 5.47. The minimum Gasteiger partial charge on any atom is -0.496 e. The number of likely N-dealkylation sites (tertiary alicyclic amines) is 1. The lowest BCUT2D eigenvalue weighted by Crippen LogP contribution is -2.53. The molecule has 2 aliphatic heterocycles. The first-order valence-corrected chi connectivity index (χ1v) is 14.1. The molecule has 0 bridgehead atoms. The van der Waals surface area contributed by atoms with Gasteiger partial charge in [-0.15, -0.1) is 0 Å². The number of H-pyrrole nitrogens is 1. The topological polar surface area (TPSA) is 127 Å². The Bertz CT molecular complexity index is 1300. The zero-order valence-corrected chi connectivity index (χ0v) is 23.1. The van der Waals surface area contributed by atoms with Crippen LogP contribution in [-0.4, -0.2) is 58.9 Å². The first kappa shape index (κ1) is 27.0. The number of hydrogen-bond donors (Lipinski definition) is 3. The number of hydrogen-bond acceptors (Lipinski definition) is 5. The van der Waals surface area contributed by atoms with Gasteiger partial charge in [0.2, 0.25) is 11.8 Å². The van der Waals surface area contributed by atoms with E-state index in [1.54, 1.807) is 18.1 Å². The van der Waals surface area contributed by atoms with Crippen LogP contribution in [0.4, 0.5) is 0 Å². The zero-order valence-electron chi connectivity index (χ0n) is 23.1. The predicted molar refractivity (Wildman–Crippen MR) is 147 cm³/mol. The van der Waals surface area contributed by atoms with Crippen LogP contribution in [0.15, 0.2) is 24.3 Å². The number of aromatic amines is 1. The van der Waals surface area contributed by atoms with Crippen molar-refractivity contribution in [3.05, 3.63) is 30.0 Å². The standard InChI is InChI=1S/C30H39N5O4/c1-29(2)13-10-19(26(36)34-29)14-20(17-31)32-27(37)24-16-30(11-5-4-6-12-30)18-35(24)28(38)23-15-21-22(33-23)8-7-9-25(21)39-3/h7-9,15,19-20,24,33H,4-6,10-14,16,18H2,1-3H3,(H,32,37)(H,34,36)/t19?,20-,24?/m0/s1. The summed E-state index contributed by atoms with van der Waals surface area (Å²) >= 11 is 0. The van der Waals surface area contributed by atoms with Crippen molar-refractivity contribution >= 4 is 28.6 Å². The van der Waals surface area contributed by atoms with Gasteiger partial charge in [0.05, 0.1) is 13.2 Å². The molecule has 1 saturated carbocycles. The number of fused-ring (bicyclic) bond motifs is 1. The molecule has 1 aromatic heterocycles. The van der Waals surface area contributed by atoms with Gasteiger partial charge in [0, 0.05) is 28.9 Å². The number of carbonyl (C=O) groups excluding carboxylic acids is 3. The van der Waals surface area contributed by atoms with Crippen LogP contribution in [0.1, 0.15) is 82.1 Å². The number of carbonyl (C=O) groups is 3. The highest BCUT2D eigenvalue weighted by Crippen LogP contribution is 2.47. The fourth-order valence-corrected chi connectivity index (χ4v) is 6.83. The molecule has 3 N–H and O–H groups in total. The summed E-state index contributed by atoms with van der Waals surface area (Å²) in [5, 5.41) is 16.6. The van der Waals surface area contributed by atoms with Gasteiger partial charge in [-0.25, -0.2) is 0 Å².